The van der Waals surface area contributed by atoms with Crippen LogP contribution < -0.4 is 0 Å². The van der Waals surface area contributed by atoms with Gasteiger partial charge in [-0.3, -0.25) is 9.80 Å². The Labute approximate surface area is 147 Å². The van der Waals surface area contributed by atoms with Crippen LogP contribution in [0.1, 0.15) is 51.5 Å². The summed E-state index contributed by atoms with van der Waals surface area (Å²) in [6, 6.07) is 11.1. The Hall–Kier alpha value is -0.900. The molecule has 1 saturated heterocycles. The minimum atomic E-state index is -0.586. The van der Waals surface area contributed by atoms with E-state index in [9.17, 15) is 5.11 Å². The van der Waals surface area contributed by atoms with Gasteiger partial charge in [-0.05, 0) is 77.6 Å². The Kier molecular flexibility index (Phi) is 4.80. The maximum atomic E-state index is 10.1. The zero-order valence-electron chi connectivity index (χ0n) is 15.9. The fourth-order valence-electron chi connectivity index (χ4n) is 5.05. The normalized spacial score (nSPS) is 31.9. The van der Waals surface area contributed by atoms with Crippen molar-refractivity contribution in [2.75, 3.05) is 33.7 Å². The zero-order valence-corrected chi connectivity index (χ0v) is 15.9. The molecule has 3 nitrogen and oxygen atoms in total. The summed E-state index contributed by atoms with van der Waals surface area (Å²) in [5.74, 6) is 0. The van der Waals surface area contributed by atoms with Crippen molar-refractivity contribution in [1.82, 2.24) is 9.80 Å². The van der Waals surface area contributed by atoms with Gasteiger partial charge in [0.15, 0.2) is 0 Å². The van der Waals surface area contributed by atoms with E-state index in [0.717, 1.165) is 19.6 Å². The van der Waals surface area contributed by atoms with Gasteiger partial charge in [-0.2, -0.15) is 0 Å². The molecule has 1 saturated carbocycles. The minimum absolute atomic E-state index is 0.191. The van der Waals surface area contributed by atoms with E-state index in [1.807, 2.05) is 13.8 Å². The highest BCUT2D eigenvalue weighted by Crippen LogP contribution is 2.51. The third kappa shape index (κ3) is 3.54. The summed E-state index contributed by atoms with van der Waals surface area (Å²) >= 11 is 0. The molecule has 134 valence electrons. The maximum absolute atomic E-state index is 10.1. The van der Waals surface area contributed by atoms with Crippen LogP contribution in [0.25, 0.3) is 0 Å². The number of likely N-dealkylation sites (tertiary alicyclic amines) is 1. The van der Waals surface area contributed by atoms with Gasteiger partial charge in [-0.1, -0.05) is 30.3 Å². The SMILES string of the molecule is CN(C)C1(c2ccccc2)CCC2(CCN(CC(C)(C)O)C2)CC1. The first-order valence-electron chi connectivity index (χ1n) is 9.43. The van der Waals surface area contributed by atoms with E-state index in [0.29, 0.717) is 5.41 Å². The molecule has 0 aromatic heterocycles. The van der Waals surface area contributed by atoms with Crippen molar-refractivity contribution in [3.8, 4) is 0 Å². The van der Waals surface area contributed by atoms with Crippen molar-refractivity contribution in [2.24, 2.45) is 5.41 Å². The molecule has 0 unspecified atom stereocenters. The Morgan fingerprint density at radius 3 is 2.21 bits per heavy atom. The van der Waals surface area contributed by atoms with Crippen molar-refractivity contribution < 1.29 is 5.11 Å². The third-order valence-corrected chi connectivity index (χ3v) is 6.43. The Bertz CT molecular complexity index is 539. The van der Waals surface area contributed by atoms with Crippen LogP contribution >= 0.6 is 0 Å². The predicted octanol–water partition coefficient (Wildman–Crippen LogP) is 3.48. The lowest BCUT2D eigenvalue weighted by atomic mass is 9.64. The van der Waals surface area contributed by atoms with Crippen molar-refractivity contribution in [1.29, 1.82) is 0 Å². The minimum Gasteiger partial charge on any atom is -0.389 e. The molecule has 24 heavy (non-hydrogen) atoms. The predicted molar refractivity (Wildman–Crippen MR) is 100 cm³/mol. The summed E-state index contributed by atoms with van der Waals surface area (Å²) in [5, 5.41) is 10.1. The van der Waals surface area contributed by atoms with Crippen LogP contribution in [0.15, 0.2) is 30.3 Å². The molecule has 0 bridgehead atoms. The van der Waals surface area contributed by atoms with Gasteiger partial charge >= 0.3 is 0 Å². The second-order valence-electron chi connectivity index (χ2n) is 9.07. The van der Waals surface area contributed by atoms with Gasteiger partial charge in [0.05, 0.1) is 5.60 Å². The Balaban J connectivity index is 1.71. The molecular formula is C21H34N2O. The summed E-state index contributed by atoms with van der Waals surface area (Å²) in [6.07, 6.45) is 6.35. The molecule has 2 aliphatic rings. The maximum Gasteiger partial charge on any atom is 0.0718 e. The lowest BCUT2D eigenvalue weighted by Crippen LogP contribution is -2.47. The third-order valence-electron chi connectivity index (χ3n) is 6.43. The van der Waals surface area contributed by atoms with Crippen molar-refractivity contribution >= 4 is 0 Å². The van der Waals surface area contributed by atoms with Gasteiger partial charge in [-0.25, -0.2) is 0 Å². The molecule has 1 spiro atoms. The highest BCUT2D eigenvalue weighted by Gasteiger charge is 2.47. The van der Waals surface area contributed by atoms with Crippen LogP contribution in [0.2, 0.25) is 0 Å². The smallest absolute Gasteiger partial charge is 0.0718 e. The Morgan fingerprint density at radius 1 is 1.04 bits per heavy atom. The topological polar surface area (TPSA) is 26.7 Å². The van der Waals surface area contributed by atoms with Gasteiger partial charge < -0.3 is 5.11 Å². The van der Waals surface area contributed by atoms with E-state index >= 15 is 0 Å². The van der Waals surface area contributed by atoms with Crippen LogP contribution in [-0.2, 0) is 5.54 Å². The van der Waals surface area contributed by atoms with Crippen LogP contribution in [0.3, 0.4) is 0 Å². The van der Waals surface area contributed by atoms with E-state index in [-0.39, 0.29) is 5.54 Å². The summed E-state index contributed by atoms with van der Waals surface area (Å²) in [6.45, 7) is 6.95. The zero-order chi connectivity index (χ0) is 17.4. The summed E-state index contributed by atoms with van der Waals surface area (Å²) in [5.41, 5.74) is 1.55. The van der Waals surface area contributed by atoms with Gasteiger partial charge in [0.25, 0.3) is 0 Å². The lowest BCUT2D eigenvalue weighted by molar-refractivity contribution is 0.0215. The van der Waals surface area contributed by atoms with Gasteiger partial charge in [-0.15, -0.1) is 0 Å². The highest BCUT2D eigenvalue weighted by molar-refractivity contribution is 5.26. The van der Waals surface area contributed by atoms with E-state index in [2.05, 4.69) is 54.2 Å². The number of hydrogen-bond donors (Lipinski definition) is 1. The molecule has 1 aliphatic carbocycles. The van der Waals surface area contributed by atoms with Crippen molar-refractivity contribution in [3.63, 3.8) is 0 Å². The second kappa shape index (κ2) is 6.44. The first-order valence-corrected chi connectivity index (χ1v) is 9.43. The summed E-state index contributed by atoms with van der Waals surface area (Å²) in [4.78, 5) is 4.92. The molecule has 1 aromatic carbocycles. The molecular weight excluding hydrogens is 296 g/mol. The highest BCUT2D eigenvalue weighted by atomic mass is 16.3. The number of aliphatic hydroxyl groups is 1. The molecule has 1 aromatic rings. The molecule has 3 heteroatoms. The molecule has 0 atom stereocenters. The fourth-order valence-corrected chi connectivity index (χ4v) is 5.05. The second-order valence-corrected chi connectivity index (χ2v) is 9.07. The lowest BCUT2D eigenvalue weighted by Gasteiger charge is -2.49. The van der Waals surface area contributed by atoms with Crippen LogP contribution in [0.4, 0.5) is 0 Å². The fraction of sp³-hybridized carbons (Fsp3) is 0.714. The average Bonchev–Trinajstić information content (AvgIpc) is 2.89. The number of β-amino-alcohol motifs (C(OH)–C–C–N with tert-alkyl or cyclic N) is 1. The molecule has 1 N–H and O–H groups in total. The molecule has 3 rings (SSSR count). The first kappa shape index (κ1) is 17.9. The summed E-state index contributed by atoms with van der Waals surface area (Å²) in [7, 11) is 4.47. The van der Waals surface area contributed by atoms with Gasteiger partial charge in [0, 0.05) is 18.6 Å². The summed E-state index contributed by atoms with van der Waals surface area (Å²) < 4.78 is 0. The largest absolute Gasteiger partial charge is 0.389 e. The molecule has 1 heterocycles. The van der Waals surface area contributed by atoms with Crippen molar-refractivity contribution in [2.45, 2.75) is 57.1 Å². The number of rotatable bonds is 4. The van der Waals surface area contributed by atoms with E-state index in [4.69, 9.17) is 0 Å². The van der Waals surface area contributed by atoms with Crippen molar-refractivity contribution in [3.05, 3.63) is 35.9 Å². The number of nitrogens with zero attached hydrogens (tertiary/aromatic N) is 2. The standard InChI is InChI=1S/C21H34N2O/c1-19(2,24)16-23-15-14-20(17-23)10-12-21(13-11-20,22(3)4)18-8-6-5-7-9-18/h5-9,24H,10-17H2,1-4H3. The van der Waals surface area contributed by atoms with E-state index < -0.39 is 5.60 Å². The van der Waals surface area contributed by atoms with Crippen LogP contribution in [-0.4, -0.2) is 54.2 Å². The molecule has 0 radical (unpaired) electrons. The van der Waals surface area contributed by atoms with Gasteiger partial charge in [0.1, 0.15) is 0 Å². The van der Waals surface area contributed by atoms with E-state index in [1.165, 1.54) is 37.7 Å². The Morgan fingerprint density at radius 2 is 1.67 bits per heavy atom. The average molecular weight is 331 g/mol. The molecule has 1 aliphatic heterocycles. The number of hydrogen-bond acceptors (Lipinski definition) is 3. The van der Waals surface area contributed by atoms with Crippen LogP contribution in [0, 0.1) is 5.41 Å². The molecule has 0 amide bonds. The quantitative estimate of drug-likeness (QED) is 0.915. The number of benzene rings is 1. The van der Waals surface area contributed by atoms with Crippen LogP contribution in [0.5, 0.6) is 0 Å². The first-order chi connectivity index (χ1) is 11.2. The monoisotopic (exact) mass is 330 g/mol. The van der Waals surface area contributed by atoms with Gasteiger partial charge in [0.2, 0.25) is 0 Å². The molecule has 2 fully saturated rings. The van der Waals surface area contributed by atoms with E-state index in [1.54, 1.807) is 0 Å².